The first-order chi connectivity index (χ1) is 11.1. The zero-order valence-corrected chi connectivity index (χ0v) is 13.4. The summed E-state index contributed by atoms with van der Waals surface area (Å²) in [5.74, 6) is -0.0877. The Morgan fingerprint density at radius 1 is 1.13 bits per heavy atom. The van der Waals surface area contributed by atoms with Gasteiger partial charge in [-0.2, -0.15) is 0 Å². The second-order valence-corrected chi connectivity index (χ2v) is 5.77. The van der Waals surface area contributed by atoms with E-state index in [1.165, 1.54) is 5.56 Å². The van der Waals surface area contributed by atoms with Gasteiger partial charge in [0.15, 0.2) is 0 Å². The van der Waals surface area contributed by atoms with E-state index in [2.05, 4.69) is 12.2 Å². The van der Waals surface area contributed by atoms with Gasteiger partial charge in [0.05, 0.1) is 0 Å². The van der Waals surface area contributed by atoms with Gasteiger partial charge < -0.3 is 10.2 Å². The zero-order valence-electron chi connectivity index (χ0n) is 13.4. The number of aryl methyl sites for hydroxylation is 1. The van der Waals surface area contributed by atoms with E-state index in [0.29, 0.717) is 12.1 Å². The number of carbonyl (C=O) groups is 2. The highest BCUT2D eigenvalue weighted by Crippen LogP contribution is 2.29. The van der Waals surface area contributed by atoms with Crippen LogP contribution in [0.1, 0.15) is 35.3 Å². The molecule has 2 aromatic carbocycles. The maximum atomic E-state index is 12.4. The Hall–Kier alpha value is -2.62. The molecule has 3 rings (SSSR count). The van der Waals surface area contributed by atoms with Crippen LogP contribution in [-0.4, -0.2) is 18.4 Å². The van der Waals surface area contributed by atoms with Crippen molar-refractivity contribution in [1.82, 2.24) is 0 Å². The molecule has 0 atom stereocenters. The molecule has 0 aliphatic carbocycles. The number of rotatable bonds is 3. The molecule has 118 valence electrons. The third-order valence-corrected chi connectivity index (χ3v) is 4.24. The summed E-state index contributed by atoms with van der Waals surface area (Å²) in [5.41, 5.74) is 4.62. The van der Waals surface area contributed by atoms with Gasteiger partial charge in [0.25, 0.3) is 5.91 Å². The minimum absolute atomic E-state index is 0.0389. The lowest BCUT2D eigenvalue weighted by atomic mass is 10.1. The van der Waals surface area contributed by atoms with E-state index in [1.807, 2.05) is 36.4 Å². The van der Waals surface area contributed by atoms with E-state index < -0.39 is 0 Å². The van der Waals surface area contributed by atoms with E-state index in [0.717, 1.165) is 29.8 Å². The highest BCUT2D eigenvalue weighted by atomic mass is 16.2. The second-order valence-electron chi connectivity index (χ2n) is 5.77. The lowest BCUT2D eigenvalue weighted by Crippen LogP contribution is -2.25. The Bertz CT molecular complexity index is 750. The van der Waals surface area contributed by atoms with Crippen LogP contribution in [0, 0.1) is 0 Å². The van der Waals surface area contributed by atoms with Crippen LogP contribution in [-0.2, 0) is 17.6 Å². The summed E-state index contributed by atoms with van der Waals surface area (Å²) < 4.78 is 0. The van der Waals surface area contributed by atoms with Gasteiger partial charge in [-0.3, -0.25) is 9.59 Å². The monoisotopic (exact) mass is 308 g/mol. The van der Waals surface area contributed by atoms with Crippen LogP contribution in [0.2, 0.25) is 0 Å². The van der Waals surface area contributed by atoms with Gasteiger partial charge in [0, 0.05) is 30.4 Å². The van der Waals surface area contributed by atoms with Gasteiger partial charge in [-0.25, -0.2) is 0 Å². The average molecular weight is 308 g/mol. The molecule has 0 spiro atoms. The smallest absolute Gasteiger partial charge is 0.255 e. The molecule has 0 fully saturated rings. The zero-order chi connectivity index (χ0) is 16.4. The van der Waals surface area contributed by atoms with Crippen molar-refractivity contribution in [2.24, 2.45) is 0 Å². The lowest BCUT2D eigenvalue weighted by Gasteiger charge is -2.14. The van der Waals surface area contributed by atoms with E-state index in [1.54, 1.807) is 17.9 Å². The van der Waals surface area contributed by atoms with Crippen molar-refractivity contribution in [2.75, 3.05) is 16.8 Å². The molecule has 0 unspecified atom stereocenters. The van der Waals surface area contributed by atoms with Crippen molar-refractivity contribution >= 4 is 23.2 Å². The number of anilines is 2. The Morgan fingerprint density at radius 3 is 2.52 bits per heavy atom. The largest absolute Gasteiger partial charge is 0.322 e. The van der Waals surface area contributed by atoms with Crippen molar-refractivity contribution in [3.05, 3.63) is 59.2 Å². The van der Waals surface area contributed by atoms with E-state index >= 15 is 0 Å². The maximum absolute atomic E-state index is 12.4. The van der Waals surface area contributed by atoms with Crippen molar-refractivity contribution in [2.45, 2.75) is 26.7 Å². The summed E-state index contributed by atoms with van der Waals surface area (Å²) in [4.78, 5) is 25.7. The molecule has 1 aliphatic heterocycles. The first-order valence-electron chi connectivity index (χ1n) is 7.90. The Balaban J connectivity index is 1.77. The van der Waals surface area contributed by atoms with E-state index in [4.69, 9.17) is 0 Å². The summed E-state index contributed by atoms with van der Waals surface area (Å²) in [5, 5.41) is 2.92. The van der Waals surface area contributed by atoms with Gasteiger partial charge in [0.1, 0.15) is 0 Å². The summed E-state index contributed by atoms with van der Waals surface area (Å²) in [6, 6.07) is 13.4. The molecule has 4 heteroatoms. The fourth-order valence-corrected chi connectivity index (χ4v) is 2.90. The number of fused-ring (bicyclic) bond motifs is 1. The van der Waals surface area contributed by atoms with Crippen molar-refractivity contribution in [3.8, 4) is 0 Å². The first-order valence-corrected chi connectivity index (χ1v) is 7.90. The van der Waals surface area contributed by atoms with Gasteiger partial charge in [-0.15, -0.1) is 0 Å². The summed E-state index contributed by atoms with van der Waals surface area (Å²) in [6.45, 7) is 4.35. The number of amides is 2. The minimum Gasteiger partial charge on any atom is -0.322 e. The van der Waals surface area contributed by atoms with E-state index in [9.17, 15) is 9.59 Å². The molecule has 2 aromatic rings. The van der Waals surface area contributed by atoms with Crippen LogP contribution < -0.4 is 10.2 Å². The predicted molar refractivity (Wildman–Crippen MR) is 91.9 cm³/mol. The van der Waals surface area contributed by atoms with Crippen LogP contribution in [0.3, 0.4) is 0 Å². The number of hydrogen-bond acceptors (Lipinski definition) is 2. The van der Waals surface area contributed by atoms with E-state index in [-0.39, 0.29) is 11.8 Å². The van der Waals surface area contributed by atoms with Crippen LogP contribution >= 0.6 is 0 Å². The minimum atomic E-state index is -0.127. The molecule has 0 radical (unpaired) electrons. The molecule has 23 heavy (non-hydrogen) atoms. The third-order valence-electron chi connectivity index (χ3n) is 4.24. The van der Waals surface area contributed by atoms with Crippen LogP contribution in [0.15, 0.2) is 42.5 Å². The summed E-state index contributed by atoms with van der Waals surface area (Å²) >= 11 is 0. The molecule has 1 heterocycles. The molecule has 0 saturated heterocycles. The Labute approximate surface area is 136 Å². The molecule has 1 aliphatic rings. The first kappa shape index (κ1) is 15.3. The highest BCUT2D eigenvalue weighted by Gasteiger charge is 2.23. The Kier molecular flexibility index (Phi) is 4.15. The highest BCUT2D eigenvalue weighted by molar-refractivity contribution is 6.05. The lowest BCUT2D eigenvalue weighted by molar-refractivity contribution is -0.116. The average Bonchev–Trinajstić information content (AvgIpc) is 2.98. The molecular weight excluding hydrogens is 288 g/mol. The SMILES string of the molecule is CCc1ccc(NC(=O)c2ccc3c(c2)CCN3C(C)=O)cc1. The summed E-state index contributed by atoms with van der Waals surface area (Å²) in [7, 11) is 0. The fourth-order valence-electron chi connectivity index (χ4n) is 2.90. The Morgan fingerprint density at radius 2 is 1.87 bits per heavy atom. The normalized spacial score (nSPS) is 12.9. The number of nitrogens with one attached hydrogen (secondary N) is 1. The van der Waals surface area contributed by atoms with Gasteiger partial charge in [0.2, 0.25) is 5.91 Å². The van der Waals surface area contributed by atoms with Crippen molar-refractivity contribution in [3.63, 3.8) is 0 Å². The number of carbonyl (C=O) groups excluding carboxylic acids is 2. The second kappa shape index (κ2) is 6.24. The molecular formula is C19H20N2O2. The fraction of sp³-hybridized carbons (Fsp3) is 0.263. The quantitative estimate of drug-likeness (QED) is 0.944. The topological polar surface area (TPSA) is 49.4 Å². The molecule has 4 nitrogen and oxygen atoms in total. The third kappa shape index (κ3) is 3.11. The number of hydrogen-bond donors (Lipinski definition) is 1. The summed E-state index contributed by atoms with van der Waals surface area (Å²) in [6.07, 6.45) is 1.77. The maximum Gasteiger partial charge on any atom is 0.255 e. The molecule has 1 N–H and O–H groups in total. The predicted octanol–water partition coefficient (Wildman–Crippen LogP) is 3.41. The molecule has 0 aromatic heterocycles. The van der Waals surface area contributed by atoms with Gasteiger partial charge >= 0.3 is 0 Å². The number of benzene rings is 2. The van der Waals surface area contributed by atoms with Crippen molar-refractivity contribution < 1.29 is 9.59 Å². The van der Waals surface area contributed by atoms with Crippen molar-refractivity contribution in [1.29, 1.82) is 0 Å². The number of nitrogens with zero attached hydrogens (tertiary/aromatic N) is 1. The molecule has 2 amide bonds. The standard InChI is InChI=1S/C19H20N2O2/c1-3-14-4-7-17(8-5-14)20-19(23)16-6-9-18-15(12-16)10-11-21(18)13(2)22/h4-9,12H,3,10-11H2,1-2H3,(H,20,23). The van der Waals surface area contributed by atoms with Gasteiger partial charge in [-0.1, -0.05) is 19.1 Å². The van der Waals surface area contributed by atoms with Crippen LogP contribution in [0.25, 0.3) is 0 Å². The molecule has 0 bridgehead atoms. The van der Waals surface area contributed by atoms with Crippen LogP contribution in [0.4, 0.5) is 11.4 Å². The van der Waals surface area contributed by atoms with Gasteiger partial charge in [-0.05, 0) is 54.3 Å². The van der Waals surface area contributed by atoms with Crippen LogP contribution in [0.5, 0.6) is 0 Å². The molecule has 0 saturated carbocycles.